The van der Waals surface area contributed by atoms with E-state index in [9.17, 15) is 76.6 Å². The van der Waals surface area contributed by atoms with Crippen molar-refractivity contribution in [2.75, 3.05) is 33.0 Å². The smallest absolute Gasteiger partial charge is 0.187 e. The fourth-order valence-electron chi connectivity index (χ4n) is 5.03. The van der Waals surface area contributed by atoms with E-state index in [1.165, 1.54) is 0 Å². The number of aliphatic hydroxyl groups excluding tert-OH is 15. The Morgan fingerprint density at radius 2 is 1.00 bits per heavy atom. The first kappa shape index (κ1) is 38.6. The maximum atomic E-state index is 11.1. The highest BCUT2D eigenvalue weighted by Gasteiger charge is 2.53. The van der Waals surface area contributed by atoms with Gasteiger partial charge < -0.3 is 105 Å². The Bertz CT molecular complexity index is 869. The molecule has 19 atom stereocenters. The predicted molar refractivity (Wildman–Crippen MR) is 136 cm³/mol. The first-order valence-electron chi connectivity index (χ1n) is 14.0. The summed E-state index contributed by atoms with van der Waals surface area (Å²) >= 11 is 0. The number of hydrogen-bond acceptors (Lipinski definition) is 21. The third-order valence-electron chi connectivity index (χ3n) is 7.83. The van der Waals surface area contributed by atoms with E-state index in [1.54, 1.807) is 0 Å². The van der Waals surface area contributed by atoms with Crippen molar-refractivity contribution in [3.63, 3.8) is 0 Å². The highest BCUT2D eigenvalue weighted by Crippen LogP contribution is 2.32. The van der Waals surface area contributed by atoms with Crippen LogP contribution in [0.2, 0.25) is 0 Å². The second-order valence-corrected chi connectivity index (χ2v) is 10.9. The number of aliphatic hydroxyl groups is 15. The number of hydrogen-bond donors (Lipinski definition) is 15. The van der Waals surface area contributed by atoms with Crippen molar-refractivity contribution in [2.45, 2.75) is 117 Å². The third kappa shape index (κ3) is 8.61. The summed E-state index contributed by atoms with van der Waals surface area (Å²) in [6.45, 7) is -4.51. The lowest BCUT2D eigenvalue weighted by atomic mass is 9.96. The van der Waals surface area contributed by atoms with Gasteiger partial charge in [0.25, 0.3) is 0 Å². The lowest BCUT2D eigenvalue weighted by molar-refractivity contribution is -0.374. The molecule has 0 amide bonds. The molecule has 0 saturated carbocycles. The molecule has 15 N–H and O–H groups in total. The van der Waals surface area contributed by atoms with Crippen molar-refractivity contribution >= 4 is 0 Å². The van der Waals surface area contributed by atoms with Crippen LogP contribution in [0, 0.1) is 0 Å². The molecule has 3 rings (SSSR count). The molecule has 0 aliphatic carbocycles. The predicted octanol–water partition coefficient (Wildman–Crippen LogP) is -10.1. The summed E-state index contributed by atoms with van der Waals surface area (Å²) in [5.74, 6) is 0. The topological polar surface area (TPSA) is 359 Å². The van der Waals surface area contributed by atoms with Crippen molar-refractivity contribution in [3.05, 3.63) is 0 Å². The molecule has 0 aromatic heterocycles. The first-order valence-corrected chi connectivity index (χ1v) is 14.0. The van der Waals surface area contributed by atoms with Crippen LogP contribution in [-0.4, -0.2) is 226 Å². The molecule has 0 bridgehead atoms. The van der Waals surface area contributed by atoms with Gasteiger partial charge >= 0.3 is 0 Å². The maximum Gasteiger partial charge on any atom is 0.187 e. The van der Waals surface area contributed by atoms with Gasteiger partial charge in [0.1, 0.15) is 97.7 Å². The van der Waals surface area contributed by atoms with Gasteiger partial charge in [0, 0.05) is 0 Å². The molecular weight excluding hydrogens is 624 g/mol. The average molecular weight is 669 g/mol. The van der Waals surface area contributed by atoms with Gasteiger partial charge in [-0.25, -0.2) is 0 Å². The van der Waals surface area contributed by atoms with Crippen LogP contribution < -0.4 is 0 Å². The first-order chi connectivity index (χ1) is 21.2. The van der Waals surface area contributed by atoms with Gasteiger partial charge in [0.2, 0.25) is 0 Å². The van der Waals surface area contributed by atoms with Gasteiger partial charge in [0.15, 0.2) is 18.9 Å². The van der Waals surface area contributed by atoms with Gasteiger partial charge in [-0.05, 0) is 0 Å². The fourth-order valence-corrected chi connectivity index (χ4v) is 5.03. The van der Waals surface area contributed by atoms with Crippen molar-refractivity contribution in [2.24, 2.45) is 0 Å². The minimum Gasteiger partial charge on any atom is -0.394 e. The van der Waals surface area contributed by atoms with Crippen LogP contribution in [0.4, 0.5) is 0 Å². The van der Waals surface area contributed by atoms with E-state index >= 15 is 0 Å². The van der Waals surface area contributed by atoms with Gasteiger partial charge in [0.05, 0.1) is 33.0 Å². The summed E-state index contributed by atoms with van der Waals surface area (Å²) < 4.78 is 32.5. The van der Waals surface area contributed by atoms with Gasteiger partial charge in [-0.15, -0.1) is 0 Å². The minimum absolute atomic E-state index is 0.791. The Morgan fingerprint density at radius 3 is 1.51 bits per heavy atom. The monoisotopic (exact) mass is 668 g/mol. The van der Waals surface area contributed by atoms with Gasteiger partial charge in [-0.3, -0.25) is 0 Å². The van der Waals surface area contributed by atoms with E-state index in [0.29, 0.717) is 0 Å². The molecule has 21 nitrogen and oxygen atoms in total. The molecule has 3 aliphatic rings. The van der Waals surface area contributed by atoms with Crippen LogP contribution in [0.25, 0.3) is 0 Å². The van der Waals surface area contributed by atoms with Crippen molar-refractivity contribution < 1.29 is 105 Å². The molecule has 45 heavy (non-hydrogen) atoms. The van der Waals surface area contributed by atoms with Gasteiger partial charge in [-0.1, -0.05) is 0 Å². The lowest BCUT2D eigenvalue weighted by Gasteiger charge is -2.47. The summed E-state index contributed by atoms with van der Waals surface area (Å²) in [7, 11) is 0. The molecule has 3 fully saturated rings. The average Bonchev–Trinajstić information content (AvgIpc) is 3.04. The third-order valence-corrected chi connectivity index (χ3v) is 7.83. The molecule has 21 heteroatoms. The van der Waals surface area contributed by atoms with Crippen LogP contribution in [0.1, 0.15) is 0 Å². The Hall–Kier alpha value is -0.840. The van der Waals surface area contributed by atoms with Crippen LogP contribution in [0.5, 0.6) is 0 Å². The molecule has 0 radical (unpaired) electrons. The van der Waals surface area contributed by atoms with Crippen LogP contribution in [-0.2, 0) is 28.4 Å². The molecule has 0 aromatic rings. The zero-order valence-electron chi connectivity index (χ0n) is 23.7. The Labute approximate surface area is 255 Å². The molecule has 0 unspecified atom stereocenters. The summed E-state index contributed by atoms with van der Waals surface area (Å²) in [5, 5.41) is 151. The summed E-state index contributed by atoms with van der Waals surface area (Å²) in [5.41, 5.74) is 0. The van der Waals surface area contributed by atoms with Crippen molar-refractivity contribution in [1.82, 2.24) is 0 Å². The Morgan fingerprint density at radius 1 is 0.511 bits per heavy atom. The Balaban J connectivity index is 1.87. The van der Waals surface area contributed by atoms with Crippen LogP contribution in [0.15, 0.2) is 0 Å². The van der Waals surface area contributed by atoms with Crippen LogP contribution >= 0.6 is 0 Å². The number of rotatable bonds is 14. The highest BCUT2D eigenvalue weighted by atomic mass is 16.8. The Kier molecular flexibility index (Phi) is 14.6. The molecular formula is C24H44O21. The largest absolute Gasteiger partial charge is 0.394 e. The quantitative estimate of drug-likeness (QED) is 0.0816. The van der Waals surface area contributed by atoms with E-state index in [2.05, 4.69) is 0 Å². The minimum atomic E-state index is -2.12. The van der Waals surface area contributed by atoms with Crippen LogP contribution in [0.3, 0.4) is 0 Å². The lowest BCUT2D eigenvalue weighted by Crippen LogP contribution is -2.66. The van der Waals surface area contributed by atoms with E-state index in [1.807, 2.05) is 0 Å². The maximum absolute atomic E-state index is 11.1. The van der Waals surface area contributed by atoms with E-state index in [-0.39, 0.29) is 0 Å². The highest BCUT2D eigenvalue weighted by molar-refractivity contribution is 4.96. The second-order valence-electron chi connectivity index (χ2n) is 10.9. The molecule has 0 aromatic carbocycles. The molecule has 3 heterocycles. The summed E-state index contributed by atoms with van der Waals surface area (Å²) in [6, 6.07) is 0. The number of ether oxygens (including phenoxy) is 6. The summed E-state index contributed by atoms with van der Waals surface area (Å²) in [4.78, 5) is 0. The zero-order chi connectivity index (χ0) is 33.7. The SMILES string of the molecule is OC[C@@H](O)[C@H](O)[C@H](O[C@@H]1O[C@H](CO[C@@H]2O[C@H](CO)[C@H](O)[C@H](O)[C@H]2O)[C@@H](O)[C@H](O[C@H]2O[C@H](CO)[C@@H](O)[C@H](O)[C@H]2O)[C@H]1O)[C@@H](O)CO. The standard InChI is InChI=1S/C24H44O21/c25-1-6(29)11(31)20(7(30)2-26)44-24-19(39)21(45-23-18(38)16(36)13(33)9(4-28)42-23)14(34)10(43-24)5-40-22-17(37)15(35)12(32)8(3-27)41-22/h6-39H,1-5H2/t6-,7+,8-,9-,10-,11+,12+,13-,14-,15+,16+,17-,18-,19-,20-,21+,22-,23-,24+/m1/s1. The van der Waals surface area contributed by atoms with Gasteiger partial charge in [-0.2, -0.15) is 0 Å². The van der Waals surface area contributed by atoms with Crippen molar-refractivity contribution in [1.29, 1.82) is 0 Å². The van der Waals surface area contributed by atoms with E-state index in [0.717, 1.165) is 0 Å². The normalized spacial score (nSPS) is 45.5. The van der Waals surface area contributed by atoms with E-state index in [4.69, 9.17) is 28.4 Å². The second kappa shape index (κ2) is 17.0. The molecule has 266 valence electrons. The molecule has 3 aliphatic heterocycles. The molecule has 0 spiro atoms. The van der Waals surface area contributed by atoms with E-state index < -0.39 is 150 Å². The summed E-state index contributed by atoms with van der Waals surface area (Å²) in [6.07, 6.45) is -35.3. The van der Waals surface area contributed by atoms with Crippen molar-refractivity contribution in [3.8, 4) is 0 Å². The molecule has 3 saturated heterocycles. The fraction of sp³-hybridized carbons (Fsp3) is 1.00. The zero-order valence-corrected chi connectivity index (χ0v) is 23.7.